The van der Waals surface area contributed by atoms with E-state index in [4.69, 9.17) is 4.74 Å². The first-order valence-electron chi connectivity index (χ1n) is 6.32. The highest BCUT2D eigenvalue weighted by Gasteiger charge is 2.27. The van der Waals surface area contributed by atoms with Crippen molar-refractivity contribution in [3.63, 3.8) is 0 Å². The summed E-state index contributed by atoms with van der Waals surface area (Å²) in [6.45, 7) is 10.9. The van der Waals surface area contributed by atoms with Gasteiger partial charge in [0.15, 0.2) is 0 Å². The molecular formula is C13H29NO. The van der Waals surface area contributed by atoms with E-state index in [1.807, 2.05) is 7.11 Å². The van der Waals surface area contributed by atoms with Crippen LogP contribution in [-0.4, -0.2) is 26.3 Å². The van der Waals surface area contributed by atoms with Crippen LogP contribution in [0.4, 0.5) is 0 Å². The summed E-state index contributed by atoms with van der Waals surface area (Å²) in [6, 6.07) is 0.564. The second kappa shape index (κ2) is 8.12. The molecule has 0 bridgehead atoms. The van der Waals surface area contributed by atoms with Gasteiger partial charge in [0.05, 0.1) is 6.61 Å². The average molecular weight is 215 g/mol. The third-order valence-corrected chi connectivity index (χ3v) is 3.15. The first kappa shape index (κ1) is 14.9. The lowest BCUT2D eigenvalue weighted by Gasteiger charge is -2.33. The lowest BCUT2D eigenvalue weighted by molar-refractivity contribution is 0.0646. The largest absolute Gasteiger partial charge is 0.384 e. The monoisotopic (exact) mass is 215 g/mol. The van der Waals surface area contributed by atoms with Crippen LogP contribution in [0.15, 0.2) is 0 Å². The van der Waals surface area contributed by atoms with Crippen LogP contribution in [0.1, 0.15) is 53.4 Å². The Kier molecular flexibility index (Phi) is 8.07. The summed E-state index contributed by atoms with van der Waals surface area (Å²) >= 11 is 0. The van der Waals surface area contributed by atoms with E-state index in [0.717, 1.165) is 13.2 Å². The highest BCUT2D eigenvalue weighted by molar-refractivity contribution is 4.81. The molecular weight excluding hydrogens is 186 g/mol. The van der Waals surface area contributed by atoms with E-state index < -0.39 is 0 Å². The Morgan fingerprint density at radius 3 is 2.33 bits per heavy atom. The number of hydrogen-bond donors (Lipinski definition) is 1. The van der Waals surface area contributed by atoms with Gasteiger partial charge in [-0.2, -0.15) is 0 Å². The predicted octanol–water partition coefficient (Wildman–Crippen LogP) is 3.22. The summed E-state index contributed by atoms with van der Waals surface area (Å²) in [7, 11) is 1.81. The summed E-state index contributed by atoms with van der Waals surface area (Å²) in [5.41, 5.74) is 0.342. The Labute approximate surface area is 95.8 Å². The van der Waals surface area contributed by atoms with Crippen molar-refractivity contribution in [1.82, 2.24) is 5.32 Å². The summed E-state index contributed by atoms with van der Waals surface area (Å²) in [4.78, 5) is 0. The van der Waals surface area contributed by atoms with Crippen LogP contribution >= 0.6 is 0 Å². The van der Waals surface area contributed by atoms with Crippen molar-refractivity contribution < 1.29 is 4.74 Å². The van der Waals surface area contributed by atoms with E-state index in [0.29, 0.717) is 11.5 Å². The number of hydrogen-bond acceptors (Lipinski definition) is 2. The topological polar surface area (TPSA) is 21.3 Å². The van der Waals surface area contributed by atoms with E-state index in [-0.39, 0.29) is 0 Å². The van der Waals surface area contributed by atoms with Gasteiger partial charge in [-0.1, -0.05) is 40.5 Å². The van der Waals surface area contributed by atoms with Crippen LogP contribution in [0.3, 0.4) is 0 Å². The molecule has 0 spiro atoms. The lowest BCUT2D eigenvalue weighted by Crippen LogP contribution is -2.40. The fourth-order valence-corrected chi connectivity index (χ4v) is 1.89. The number of ether oxygens (including phenoxy) is 1. The third kappa shape index (κ3) is 6.16. The molecule has 0 radical (unpaired) electrons. The number of rotatable bonds is 9. The van der Waals surface area contributed by atoms with Crippen molar-refractivity contribution in [2.24, 2.45) is 5.41 Å². The molecule has 0 aromatic rings. The van der Waals surface area contributed by atoms with Crippen LogP contribution in [0.5, 0.6) is 0 Å². The minimum atomic E-state index is 0.342. The van der Waals surface area contributed by atoms with E-state index in [1.54, 1.807) is 0 Å². The molecule has 0 aliphatic carbocycles. The molecule has 0 saturated carbocycles. The minimum absolute atomic E-state index is 0.342. The Morgan fingerprint density at radius 2 is 1.93 bits per heavy atom. The van der Waals surface area contributed by atoms with Gasteiger partial charge in [0.2, 0.25) is 0 Å². The Bertz CT molecular complexity index is 147. The van der Waals surface area contributed by atoms with Gasteiger partial charge in [-0.15, -0.1) is 0 Å². The Balaban J connectivity index is 4.21. The fraction of sp³-hybridized carbons (Fsp3) is 1.00. The average Bonchev–Trinajstić information content (AvgIpc) is 2.22. The summed E-state index contributed by atoms with van der Waals surface area (Å²) in [6.07, 6.45) is 5.04. The molecule has 0 heterocycles. The first-order valence-corrected chi connectivity index (χ1v) is 6.32. The third-order valence-electron chi connectivity index (χ3n) is 3.15. The van der Waals surface area contributed by atoms with Crippen LogP contribution in [-0.2, 0) is 4.74 Å². The van der Waals surface area contributed by atoms with Crippen LogP contribution in [0.2, 0.25) is 0 Å². The molecule has 0 saturated heterocycles. The van der Waals surface area contributed by atoms with Gasteiger partial charge in [0.1, 0.15) is 0 Å². The van der Waals surface area contributed by atoms with Gasteiger partial charge < -0.3 is 10.1 Å². The second-order valence-corrected chi connectivity index (χ2v) is 4.93. The fourth-order valence-electron chi connectivity index (χ4n) is 1.89. The SMILES string of the molecule is CCCCC(CC)(CNC(C)C)COC. The van der Waals surface area contributed by atoms with E-state index in [1.165, 1.54) is 25.7 Å². The van der Waals surface area contributed by atoms with Crippen molar-refractivity contribution in [1.29, 1.82) is 0 Å². The molecule has 2 nitrogen and oxygen atoms in total. The quantitative estimate of drug-likeness (QED) is 0.637. The summed E-state index contributed by atoms with van der Waals surface area (Å²) in [5, 5.41) is 3.55. The molecule has 92 valence electrons. The van der Waals surface area contributed by atoms with Crippen molar-refractivity contribution in [3.8, 4) is 0 Å². The smallest absolute Gasteiger partial charge is 0.0530 e. The molecule has 0 amide bonds. The van der Waals surface area contributed by atoms with Crippen molar-refractivity contribution in [2.45, 2.75) is 59.4 Å². The van der Waals surface area contributed by atoms with Gasteiger partial charge >= 0.3 is 0 Å². The molecule has 0 aliphatic heterocycles. The number of methoxy groups -OCH3 is 1. The molecule has 1 unspecified atom stereocenters. The van der Waals surface area contributed by atoms with Crippen molar-refractivity contribution in [2.75, 3.05) is 20.3 Å². The van der Waals surface area contributed by atoms with Crippen LogP contribution in [0, 0.1) is 5.41 Å². The molecule has 2 heteroatoms. The van der Waals surface area contributed by atoms with Crippen LogP contribution < -0.4 is 5.32 Å². The zero-order chi connectivity index (χ0) is 11.7. The van der Waals surface area contributed by atoms with Crippen molar-refractivity contribution >= 4 is 0 Å². The number of nitrogens with one attached hydrogen (secondary N) is 1. The molecule has 1 N–H and O–H groups in total. The van der Waals surface area contributed by atoms with Gasteiger partial charge in [0.25, 0.3) is 0 Å². The molecule has 0 aliphatic rings. The maximum absolute atomic E-state index is 5.39. The van der Waals surface area contributed by atoms with Gasteiger partial charge in [-0.25, -0.2) is 0 Å². The highest BCUT2D eigenvalue weighted by atomic mass is 16.5. The van der Waals surface area contributed by atoms with Gasteiger partial charge in [-0.3, -0.25) is 0 Å². The zero-order valence-corrected chi connectivity index (χ0v) is 11.2. The highest BCUT2D eigenvalue weighted by Crippen LogP contribution is 2.28. The molecule has 1 atom stereocenters. The Hall–Kier alpha value is -0.0800. The predicted molar refractivity (Wildman–Crippen MR) is 67.3 cm³/mol. The first-order chi connectivity index (χ1) is 7.10. The van der Waals surface area contributed by atoms with Crippen molar-refractivity contribution in [3.05, 3.63) is 0 Å². The zero-order valence-electron chi connectivity index (χ0n) is 11.2. The maximum Gasteiger partial charge on any atom is 0.0530 e. The molecule has 0 rings (SSSR count). The van der Waals surface area contributed by atoms with E-state index in [9.17, 15) is 0 Å². The summed E-state index contributed by atoms with van der Waals surface area (Å²) in [5.74, 6) is 0. The standard InChI is InChI=1S/C13H29NO/c1-6-8-9-13(7-2,11-15-5)10-14-12(3)4/h12,14H,6-11H2,1-5H3. The lowest BCUT2D eigenvalue weighted by atomic mass is 9.80. The molecule has 15 heavy (non-hydrogen) atoms. The molecule has 0 aromatic heterocycles. The maximum atomic E-state index is 5.39. The number of unbranched alkanes of at least 4 members (excludes halogenated alkanes) is 1. The molecule has 0 aromatic carbocycles. The Morgan fingerprint density at radius 1 is 1.27 bits per heavy atom. The molecule has 0 fully saturated rings. The second-order valence-electron chi connectivity index (χ2n) is 4.93. The van der Waals surface area contributed by atoms with Gasteiger partial charge in [-0.05, 0) is 12.8 Å². The van der Waals surface area contributed by atoms with Gasteiger partial charge in [0, 0.05) is 25.1 Å². The normalized spacial score (nSPS) is 15.6. The van der Waals surface area contributed by atoms with E-state index >= 15 is 0 Å². The summed E-state index contributed by atoms with van der Waals surface area (Å²) < 4.78 is 5.39. The minimum Gasteiger partial charge on any atom is -0.384 e. The van der Waals surface area contributed by atoms with Crippen LogP contribution in [0.25, 0.3) is 0 Å². The van der Waals surface area contributed by atoms with E-state index in [2.05, 4.69) is 33.0 Å².